The number of hydrogen-bond acceptors (Lipinski definition) is 2. The van der Waals surface area contributed by atoms with Crippen LogP contribution in [0.25, 0.3) is 0 Å². The Hall–Kier alpha value is -1.42. The van der Waals surface area contributed by atoms with Crippen LogP contribution in [0.15, 0.2) is 60.7 Å². The molecule has 0 radical (unpaired) electrons. The summed E-state index contributed by atoms with van der Waals surface area (Å²) in [4.78, 5) is 0. The number of rotatable bonds is 5. The van der Waals surface area contributed by atoms with E-state index in [1.165, 1.54) is 0 Å². The molecule has 3 heteroatoms. The molecular formula is C17H23NOSi. The third-order valence-corrected chi connectivity index (χ3v) is 4.08. The zero-order valence-electron chi connectivity index (χ0n) is 12.4. The maximum Gasteiger partial charge on any atom is 0.184 e. The smallest absolute Gasteiger partial charge is 0.184 e. The summed E-state index contributed by atoms with van der Waals surface area (Å²) in [5, 5.41) is 0. The first kappa shape index (κ1) is 15.0. The van der Waals surface area contributed by atoms with Gasteiger partial charge in [-0.05, 0) is 30.8 Å². The lowest BCUT2D eigenvalue weighted by Gasteiger charge is -2.31. The highest BCUT2D eigenvalue weighted by Gasteiger charge is 2.28. The summed E-state index contributed by atoms with van der Waals surface area (Å²) in [5.74, 6) is 0. The lowest BCUT2D eigenvalue weighted by molar-refractivity contribution is 0.166. The standard InChI is InChI=1S/C17H23NOSi/c1-20(2,3)19-17(15-12-8-5-9-13-15)16(18)14-10-6-4-7-11-14/h4-13,16-17H,18H2,1-3H3. The lowest BCUT2D eigenvalue weighted by atomic mass is 9.97. The summed E-state index contributed by atoms with van der Waals surface area (Å²) in [6.45, 7) is 6.59. The van der Waals surface area contributed by atoms with E-state index in [0.29, 0.717) is 0 Å². The molecule has 0 aromatic heterocycles. The summed E-state index contributed by atoms with van der Waals surface area (Å²) >= 11 is 0. The highest BCUT2D eigenvalue weighted by atomic mass is 28.4. The number of hydrogen-bond donors (Lipinski definition) is 1. The third-order valence-electron chi connectivity index (χ3n) is 3.12. The Morgan fingerprint density at radius 2 is 1.25 bits per heavy atom. The predicted octanol–water partition coefficient (Wildman–Crippen LogP) is 4.28. The molecule has 0 spiro atoms. The van der Waals surface area contributed by atoms with E-state index in [1.54, 1.807) is 0 Å². The van der Waals surface area contributed by atoms with Gasteiger partial charge in [-0.2, -0.15) is 0 Å². The highest BCUT2D eigenvalue weighted by Crippen LogP contribution is 2.32. The van der Waals surface area contributed by atoms with Gasteiger partial charge >= 0.3 is 0 Å². The van der Waals surface area contributed by atoms with E-state index in [-0.39, 0.29) is 12.1 Å². The first-order valence-corrected chi connectivity index (χ1v) is 10.4. The van der Waals surface area contributed by atoms with Gasteiger partial charge in [0.15, 0.2) is 8.32 Å². The Labute approximate surface area is 122 Å². The van der Waals surface area contributed by atoms with Gasteiger partial charge < -0.3 is 10.2 Å². The molecule has 2 aromatic carbocycles. The SMILES string of the molecule is C[Si](C)(C)OC(c1ccccc1)C(N)c1ccccc1. The van der Waals surface area contributed by atoms with Crippen molar-refractivity contribution in [2.75, 3.05) is 0 Å². The first-order chi connectivity index (χ1) is 9.47. The molecule has 106 valence electrons. The van der Waals surface area contributed by atoms with Gasteiger partial charge in [0.05, 0.1) is 12.1 Å². The van der Waals surface area contributed by atoms with Crippen LogP contribution >= 0.6 is 0 Å². The van der Waals surface area contributed by atoms with Crippen molar-refractivity contribution < 1.29 is 4.43 Å². The fourth-order valence-corrected chi connectivity index (χ4v) is 3.27. The zero-order valence-corrected chi connectivity index (χ0v) is 13.4. The summed E-state index contributed by atoms with van der Waals surface area (Å²) < 4.78 is 6.35. The normalized spacial score (nSPS) is 14.8. The zero-order chi connectivity index (χ0) is 14.6. The maximum absolute atomic E-state index is 6.48. The van der Waals surface area contributed by atoms with Gasteiger partial charge in [0.2, 0.25) is 0 Å². The summed E-state index contributed by atoms with van der Waals surface area (Å²) in [7, 11) is -1.68. The molecule has 0 aliphatic heterocycles. The third kappa shape index (κ3) is 4.03. The van der Waals surface area contributed by atoms with Crippen molar-refractivity contribution >= 4 is 8.32 Å². The van der Waals surface area contributed by atoms with Crippen molar-refractivity contribution in [3.05, 3.63) is 71.8 Å². The topological polar surface area (TPSA) is 35.2 Å². The molecule has 2 nitrogen and oxygen atoms in total. The second kappa shape index (κ2) is 6.35. The Kier molecular flexibility index (Phi) is 4.76. The average Bonchev–Trinajstić information content (AvgIpc) is 2.45. The largest absolute Gasteiger partial charge is 0.409 e. The molecule has 20 heavy (non-hydrogen) atoms. The first-order valence-electron chi connectivity index (χ1n) is 7.01. The Balaban J connectivity index is 2.32. The van der Waals surface area contributed by atoms with Crippen LogP contribution in [0.3, 0.4) is 0 Å². The fourth-order valence-electron chi connectivity index (χ4n) is 2.22. The molecule has 0 heterocycles. The second-order valence-corrected chi connectivity index (χ2v) is 10.5. The second-order valence-electron chi connectivity index (χ2n) is 6.00. The quantitative estimate of drug-likeness (QED) is 0.832. The van der Waals surface area contributed by atoms with Crippen molar-refractivity contribution in [1.29, 1.82) is 0 Å². The van der Waals surface area contributed by atoms with E-state index in [9.17, 15) is 0 Å². The maximum atomic E-state index is 6.48. The van der Waals surface area contributed by atoms with Gasteiger partial charge in [-0.25, -0.2) is 0 Å². The van der Waals surface area contributed by atoms with Gasteiger partial charge in [-0.3, -0.25) is 0 Å². The van der Waals surface area contributed by atoms with Crippen LogP contribution in [-0.4, -0.2) is 8.32 Å². The minimum Gasteiger partial charge on any atom is -0.409 e. The van der Waals surface area contributed by atoms with Crippen LogP contribution in [0.4, 0.5) is 0 Å². The molecule has 0 amide bonds. The summed E-state index contributed by atoms with van der Waals surface area (Å²) in [5.41, 5.74) is 8.73. The van der Waals surface area contributed by atoms with Crippen LogP contribution in [0.5, 0.6) is 0 Å². The number of nitrogens with two attached hydrogens (primary N) is 1. The fraction of sp³-hybridized carbons (Fsp3) is 0.294. The highest BCUT2D eigenvalue weighted by molar-refractivity contribution is 6.69. The molecule has 0 aliphatic carbocycles. The number of benzene rings is 2. The minimum atomic E-state index is -1.68. The molecule has 2 aromatic rings. The molecule has 0 saturated carbocycles. The van der Waals surface area contributed by atoms with E-state index >= 15 is 0 Å². The van der Waals surface area contributed by atoms with E-state index in [1.807, 2.05) is 36.4 Å². The molecule has 0 saturated heterocycles. The van der Waals surface area contributed by atoms with Crippen LogP contribution in [0.2, 0.25) is 19.6 Å². The summed E-state index contributed by atoms with van der Waals surface area (Å²) in [6.07, 6.45) is -0.0923. The molecule has 2 atom stereocenters. The molecular weight excluding hydrogens is 262 g/mol. The van der Waals surface area contributed by atoms with Crippen LogP contribution in [0, 0.1) is 0 Å². The monoisotopic (exact) mass is 285 g/mol. The molecule has 0 fully saturated rings. The Morgan fingerprint density at radius 1 is 0.800 bits per heavy atom. The minimum absolute atomic E-state index is 0.0923. The van der Waals surface area contributed by atoms with Gasteiger partial charge in [-0.15, -0.1) is 0 Å². The van der Waals surface area contributed by atoms with Gasteiger partial charge in [-0.1, -0.05) is 60.7 Å². The van der Waals surface area contributed by atoms with E-state index in [4.69, 9.17) is 10.2 Å². The van der Waals surface area contributed by atoms with Gasteiger partial charge in [0.25, 0.3) is 0 Å². The van der Waals surface area contributed by atoms with Gasteiger partial charge in [0.1, 0.15) is 0 Å². The van der Waals surface area contributed by atoms with Crippen molar-refractivity contribution in [3.63, 3.8) is 0 Å². The predicted molar refractivity (Wildman–Crippen MR) is 87.0 cm³/mol. The van der Waals surface area contributed by atoms with Crippen molar-refractivity contribution in [2.45, 2.75) is 31.8 Å². The Bertz CT molecular complexity index is 522. The van der Waals surface area contributed by atoms with E-state index in [2.05, 4.69) is 43.9 Å². The van der Waals surface area contributed by atoms with E-state index in [0.717, 1.165) is 11.1 Å². The molecule has 2 N–H and O–H groups in total. The lowest BCUT2D eigenvalue weighted by Crippen LogP contribution is -2.33. The molecule has 2 unspecified atom stereocenters. The van der Waals surface area contributed by atoms with Crippen LogP contribution < -0.4 is 5.73 Å². The Morgan fingerprint density at radius 3 is 1.70 bits per heavy atom. The summed E-state index contributed by atoms with van der Waals surface area (Å²) in [6, 6.07) is 20.3. The molecule has 2 rings (SSSR count). The van der Waals surface area contributed by atoms with Crippen molar-refractivity contribution in [2.24, 2.45) is 5.73 Å². The van der Waals surface area contributed by atoms with Crippen LogP contribution in [0.1, 0.15) is 23.3 Å². The van der Waals surface area contributed by atoms with Gasteiger partial charge in [0, 0.05) is 0 Å². The van der Waals surface area contributed by atoms with Crippen LogP contribution in [-0.2, 0) is 4.43 Å². The van der Waals surface area contributed by atoms with E-state index < -0.39 is 8.32 Å². The van der Waals surface area contributed by atoms with Crippen molar-refractivity contribution in [1.82, 2.24) is 0 Å². The van der Waals surface area contributed by atoms with Crippen molar-refractivity contribution in [3.8, 4) is 0 Å². The average molecular weight is 285 g/mol. The molecule has 0 aliphatic rings. The molecule has 0 bridgehead atoms.